The van der Waals surface area contributed by atoms with E-state index in [0.29, 0.717) is 0 Å². The Hall–Kier alpha value is 0.0300. The van der Waals surface area contributed by atoms with Crippen LogP contribution in [-0.2, 0) is 4.57 Å². The summed E-state index contributed by atoms with van der Waals surface area (Å²) in [6.45, 7) is -2.20. The first-order chi connectivity index (χ1) is 5.43. The molecule has 0 spiro atoms. The van der Waals surface area contributed by atoms with Crippen LogP contribution in [0, 0.1) is 0 Å². The molecule has 0 aliphatic rings. The fraction of sp³-hybridized carbons (Fsp3) is 1.00. The average molecular weight is 200 g/mol. The molecule has 0 aliphatic carbocycles. The fourth-order valence-electron chi connectivity index (χ4n) is 0.746. The summed E-state index contributed by atoms with van der Waals surface area (Å²) in [7, 11) is -4.58. The molecule has 0 bridgehead atoms. The topological polar surface area (TPSA) is 118 Å². The summed E-state index contributed by atoms with van der Waals surface area (Å²) in [5.41, 5.74) is 0. The van der Waals surface area contributed by atoms with Gasteiger partial charge in [0.05, 0.1) is 13.2 Å². The zero-order valence-corrected chi connectivity index (χ0v) is 7.31. The molecule has 5 N–H and O–H groups in total. The second-order valence-electron chi connectivity index (χ2n) is 2.56. The average Bonchev–Trinajstić information content (AvgIpc) is 1.98. The molecule has 0 aromatic rings. The summed E-state index contributed by atoms with van der Waals surface area (Å²) < 4.78 is 10.8. The SMILES string of the molecule is O=P(O)(O)C(CO)(CO)CCO. The van der Waals surface area contributed by atoms with E-state index in [4.69, 9.17) is 25.1 Å². The highest BCUT2D eigenvalue weighted by molar-refractivity contribution is 7.53. The molecule has 0 aromatic carbocycles. The molecule has 0 unspecified atom stereocenters. The predicted molar refractivity (Wildman–Crippen MR) is 40.6 cm³/mol. The number of rotatable bonds is 5. The van der Waals surface area contributed by atoms with Gasteiger partial charge in [0.15, 0.2) is 0 Å². The third kappa shape index (κ3) is 2.26. The summed E-state index contributed by atoms with van der Waals surface area (Å²) >= 11 is 0. The predicted octanol–water partition coefficient (Wildman–Crippen LogP) is -1.73. The Labute approximate surface area is 69.6 Å². The van der Waals surface area contributed by atoms with Crippen molar-refractivity contribution in [2.45, 2.75) is 11.6 Å². The summed E-state index contributed by atoms with van der Waals surface area (Å²) in [4.78, 5) is 17.5. The minimum atomic E-state index is -4.58. The van der Waals surface area contributed by atoms with Gasteiger partial charge in [-0.15, -0.1) is 0 Å². The molecule has 6 nitrogen and oxygen atoms in total. The highest BCUT2D eigenvalue weighted by Crippen LogP contribution is 2.51. The van der Waals surface area contributed by atoms with Gasteiger partial charge in [0.25, 0.3) is 0 Å². The Morgan fingerprint density at radius 1 is 1.08 bits per heavy atom. The largest absolute Gasteiger partial charge is 0.396 e. The number of aliphatic hydroxyl groups excluding tert-OH is 3. The van der Waals surface area contributed by atoms with Crippen LogP contribution >= 0.6 is 7.60 Å². The third-order valence-corrected chi connectivity index (χ3v) is 3.53. The van der Waals surface area contributed by atoms with E-state index >= 15 is 0 Å². The normalized spacial score (nSPS) is 13.4. The summed E-state index contributed by atoms with van der Waals surface area (Å²) in [6.07, 6.45) is -0.329. The molecular weight excluding hydrogens is 187 g/mol. The van der Waals surface area contributed by atoms with Gasteiger partial charge in [-0.2, -0.15) is 0 Å². The Bertz CT molecular complexity index is 171. The van der Waals surface area contributed by atoms with Gasteiger partial charge in [-0.05, 0) is 6.42 Å². The second-order valence-corrected chi connectivity index (χ2v) is 4.59. The molecule has 0 saturated carbocycles. The highest BCUT2D eigenvalue weighted by Gasteiger charge is 2.45. The first-order valence-corrected chi connectivity index (χ1v) is 4.93. The molecule has 0 fully saturated rings. The molecule has 0 amide bonds. The van der Waals surface area contributed by atoms with Crippen molar-refractivity contribution < 1.29 is 29.7 Å². The minimum absolute atomic E-state index is 0.329. The van der Waals surface area contributed by atoms with E-state index in [1.807, 2.05) is 0 Å². The molecule has 0 radical (unpaired) electrons. The van der Waals surface area contributed by atoms with Crippen molar-refractivity contribution >= 4 is 7.60 Å². The maximum atomic E-state index is 10.8. The van der Waals surface area contributed by atoms with Gasteiger partial charge in [0, 0.05) is 6.61 Å². The van der Waals surface area contributed by atoms with Crippen molar-refractivity contribution in [3.8, 4) is 0 Å². The Balaban J connectivity index is 4.70. The van der Waals surface area contributed by atoms with Gasteiger partial charge in [0.2, 0.25) is 0 Å². The van der Waals surface area contributed by atoms with Crippen LogP contribution in [0.3, 0.4) is 0 Å². The van der Waals surface area contributed by atoms with Crippen molar-refractivity contribution in [2.75, 3.05) is 19.8 Å². The maximum absolute atomic E-state index is 10.8. The van der Waals surface area contributed by atoms with Gasteiger partial charge in [-0.25, -0.2) is 0 Å². The lowest BCUT2D eigenvalue weighted by atomic mass is 10.1. The van der Waals surface area contributed by atoms with Crippen LogP contribution in [0.25, 0.3) is 0 Å². The lowest BCUT2D eigenvalue weighted by molar-refractivity contribution is 0.120. The highest BCUT2D eigenvalue weighted by atomic mass is 31.2. The molecule has 0 aromatic heterocycles. The Morgan fingerprint density at radius 2 is 1.50 bits per heavy atom. The molecular formula is C5H13O6P. The molecule has 7 heteroatoms. The molecule has 0 heterocycles. The summed E-state index contributed by atoms with van der Waals surface area (Å²) in [6, 6.07) is 0. The van der Waals surface area contributed by atoms with E-state index in [0.717, 1.165) is 0 Å². The molecule has 0 atom stereocenters. The lowest BCUT2D eigenvalue weighted by Crippen LogP contribution is -2.38. The maximum Gasteiger partial charge on any atom is 0.336 e. The third-order valence-electron chi connectivity index (χ3n) is 1.78. The number of hydrogen-bond acceptors (Lipinski definition) is 4. The minimum Gasteiger partial charge on any atom is -0.396 e. The standard InChI is InChI=1S/C5H13O6P/c6-2-1-5(3-7,4-8)12(9,10)11/h6-8H,1-4H2,(H2,9,10,11). The van der Waals surface area contributed by atoms with Gasteiger partial charge in [-0.3, -0.25) is 4.57 Å². The molecule has 12 heavy (non-hydrogen) atoms. The smallest absolute Gasteiger partial charge is 0.336 e. The van der Waals surface area contributed by atoms with Crippen molar-refractivity contribution in [1.82, 2.24) is 0 Å². The van der Waals surface area contributed by atoms with Crippen molar-refractivity contribution in [2.24, 2.45) is 0 Å². The van der Waals surface area contributed by atoms with E-state index in [9.17, 15) is 4.57 Å². The Morgan fingerprint density at radius 3 is 1.58 bits per heavy atom. The van der Waals surface area contributed by atoms with E-state index in [2.05, 4.69) is 0 Å². The van der Waals surface area contributed by atoms with E-state index < -0.39 is 32.6 Å². The molecule has 0 rings (SSSR count). The molecule has 74 valence electrons. The second kappa shape index (κ2) is 4.32. The monoisotopic (exact) mass is 200 g/mol. The lowest BCUT2D eigenvalue weighted by Gasteiger charge is -2.29. The van der Waals surface area contributed by atoms with Gasteiger partial charge in [0.1, 0.15) is 5.16 Å². The van der Waals surface area contributed by atoms with E-state index in [1.165, 1.54) is 0 Å². The first-order valence-electron chi connectivity index (χ1n) is 3.32. The van der Waals surface area contributed by atoms with Crippen molar-refractivity contribution in [1.29, 1.82) is 0 Å². The van der Waals surface area contributed by atoms with Crippen LogP contribution < -0.4 is 0 Å². The van der Waals surface area contributed by atoms with Crippen LogP contribution in [0.1, 0.15) is 6.42 Å². The Kier molecular flexibility index (Phi) is 4.33. The van der Waals surface area contributed by atoms with Gasteiger partial charge in [-0.1, -0.05) is 0 Å². The number of hydrogen-bond donors (Lipinski definition) is 5. The van der Waals surface area contributed by atoms with E-state index in [-0.39, 0.29) is 6.42 Å². The van der Waals surface area contributed by atoms with Crippen molar-refractivity contribution in [3.63, 3.8) is 0 Å². The summed E-state index contributed by atoms with van der Waals surface area (Å²) in [5.74, 6) is 0. The number of aliphatic hydroxyl groups is 3. The van der Waals surface area contributed by atoms with Crippen LogP contribution in [0.4, 0.5) is 0 Å². The van der Waals surface area contributed by atoms with Crippen LogP contribution in [-0.4, -0.2) is 50.1 Å². The zero-order chi connectivity index (χ0) is 9.83. The fourth-order valence-corrected chi connectivity index (χ4v) is 1.51. The zero-order valence-electron chi connectivity index (χ0n) is 6.42. The van der Waals surface area contributed by atoms with E-state index in [1.54, 1.807) is 0 Å². The van der Waals surface area contributed by atoms with Crippen LogP contribution in [0.5, 0.6) is 0 Å². The summed E-state index contributed by atoms with van der Waals surface area (Å²) in [5, 5.41) is 23.9. The molecule has 0 aliphatic heterocycles. The van der Waals surface area contributed by atoms with Crippen LogP contribution in [0.15, 0.2) is 0 Å². The quantitative estimate of drug-likeness (QED) is 0.336. The van der Waals surface area contributed by atoms with Crippen molar-refractivity contribution in [3.05, 3.63) is 0 Å². The van der Waals surface area contributed by atoms with Gasteiger partial charge < -0.3 is 25.1 Å². The first kappa shape index (κ1) is 12.0. The van der Waals surface area contributed by atoms with Gasteiger partial charge >= 0.3 is 7.60 Å². The van der Waals surface area contributed by atoms with Crippen LogP contribution in [0.2, 0.25) is 0 Å². The molecule has 0 saturated heterocycles.